The van der Waals surface area contributed by atoms with Crippen LogP contribution in [0.2, 0.25) is 5.02 Å². The molecule has 25 heavy (non-hydrogen) atoms. The van der Waals surface area contributed by atoms with Gasteiger partial charge in [-0.1, -0.05) is 50.6 Å². The number of hydrogen-bond acceptors (Lipinski definition) is 2. The normalized spacial score (nSPS) is 11.2. The van der Waals surface area contributed by atoms with Gasteiger partial charge in [0.25, 0.3) is 0 Å². The van der Waals surface area contributed by atoms with Gasteiger partial charge in [0.1, 0.15) is 5.75 Å². The highest BCUT2D eigenvalue weighted by atomic mass is 35.5. The summed E-state index contributed by atoms with van der Waals surface area (Å²) in [4.78, 5) is 12.0. The number of halogens is 1. The Morgan fingerprint density at radius 1 is 1.12 bits per heavy atom. The minimum atomic E-state index is -0.0305. The summed E-state index contributed by atoms with van der Waals surface area (Å²) in [6.45, 7) is 9.00. The van der Waals surface area contributed by atoms with Gasteiger partial charge in [-0.15, -0.1) is 0 Å². The third-order valence-electron chi connectivity index (χ3n) is 4.01. The molecule has 0 heterocycles. The van der Waals surface area contributed by atoms with E-state index in [2.05, 4.69) is 38.2 Å². The number of amides is 1. The lowest BCUT2D eigenvalue weighted by molar-refractivity contribution is -0.116. The van der Waals surface area contributed by atoms with Gasteiger partial charge in [0.2, 0.25) is 5.91 Å². The summed E-state index contributed by atoms with van der Waals surface area (Å²) in [5, 5.41) is 3.51. The van der Waals surface area contributed by atoms with Crippen LogP contribution in [-0.2, 0) is 10.2 Å². The van der Waals surface area contributed by atoms with Crippen LogP contribution in [0.3, 0.4) is 0 Å². The molecule has 0 radical (unpaired) electrons. The van der Waals surface area contributed by atoms with Gasteiger partial charge in [0.05, 0.1) is 6.61 Å². The molecule has 0 unspecified atom stereocenters. The highest BCUT2D eigenvalue weighted by molar-refractivity contribution is 6.31. The van der Waals surface area contributed by atoms with Gasteiger partial charge in [0.15, 0.2) is 0 Å². The van der Waals surface area contributed by atoms with E-state index in [0.29, 0.717) is 24.5 Å². The number of carbonyl (C=O) groups is 1. The number of ether oxygens (including phenoxy) is 1. The molecule has 0 aliphatic rings. The number of benzene rings is 2. The first kappa shape index (κ1) is 19.3. The van der Waals surface area contributed by atoms with Crippen LogP contribution in [0.15, 0.2) is 42.5 Å². The fourth-order valence-electron chi connectivity index (χ4n) is 2.42. The Labute approximate surface area is 155 Å². The van der Waals surface area contributed by atoms with Crippen molar-refractivity contribution < 1.29 is 9.53 Å². The molecule has 4 heteroatoms. The van der Waals surface area contributed by atoms with Crippen molar-refractivity contribution in [2.75, 3.05) is 11.9 Å². The van der Waals surface area contributed by atoms with Crippen molar-refractivity contribution in [3.8, 4) is 5.75 Å². The van der Waals surface area contributed by atoms with Crippen LogP contribution >= 0.6 is 11.6 Å². The largest absolute Gasteiger partial charge is 0.494 e. The van der Waals surface area contributed by atoms with E-state index in [9.17, 15) is 4.79 Å². The molecule has 2 rings (SSSR count). The van der Waals surface area contributed by atoms with Crippen molar-refractivity contribution in [3.05, 3.63) is 58.6 Å². The highest BCUT2D eigenvalue weighted by Crippen LogP contribution is 2.24. The molecule has 0 bridgehead atoms. The second-order valence-electron chi connectivity index (χ2n) is 7.23. The lowest BCUT2D eigenvalue weighted by Crippen LogP contribution is -2.13. The molecule has 2 aromatic carbocycles. The Morgan fingerprint density at radius 2 is 1.80 bits per heavy atom. The van der Waals surface area contributed by atoms with Crippen LogP contribution in [0.5, 0.6) is 5.75 Å². The fourth-order valence-corrected chi connectivity index (χ4v) is 2.59. The van der Waals surface area contributed by atoms with Crippen LogP contribution in [0.1, 0.15) is 44.7 Å². The van der Waals surface area contributed by atoms with Gasteiger partial charge in [-0.3, -0.25) is 4.79 Å². The molecule has 0 atom stereocenters. The first-order valence-corrected chi connectivity index (χ1v) is 8.93. The maximum atomic E-state index is 12.0. The van der Waals surface area contributed by atoms with Crippen molar-refractivity contribution in [2.24, 2.45) is 0 Å². The summed E-state index contributed by atoms with van der Waals surface area (Å²) in [6.07, 6.45) is 1.07. The average Bonchev–Trinajstić information content (AvgIpc) is 2.55. The van der Waals surface area contributed by atoms with E-state index < -0.39 is 0 Å². The van der Waals surface area contributed by atoms with E-state index in [-0.39, 0.29) is 11.3 Å². The molecule has 134 valence electrons. The van der Waals surface area contributed by atoms with E-state index in [1.54, 1.807) is 6.07 Å². The number of hydrogen-bond donors (Lipinski definition) is 1. The van der Waals surface area contributed by atoms with Gasteiger partial charge < -0.3 is 10.1 Å². The van der Waals surface area contributed by atoms with E-state index in [0.717, 1.165) is 17.0 Å². The summed E-state index contributed by atoms with van der Waals surface area (Å²) in [7, 11) is 0. The topological polar surface area (TPSA) is 38.3 Å². The summed E-state index contributed by atoms with van der Waals surface area (Å²) in [5.41, 5.74) is 3.16. The smallest absolute Gasteiger partial charge is 0.224 e. The molecule has 1 N–H and O–H groups in total. The first-order valence-electron chi connectivity index (χ1n) is 8.55. The van der Waals surface area contributed by atoms with Crippen LogP contribution in [0.4, 0.5) is 5.69 Å². The molecule has 0 aliphatic heterocycles. The molecule has 0 aromatic heterocycles. The standard InChI is InChI=1S/C21H26ClNO2/c1-15-7-10-17(22)14-19(15)23-20(24)6-5-13-25-18-11-8-16(9-12-18)21(2,3)4/h7-12,14H,5-6,13H2,1-4H3,(H,23,24). The monoisotopic (exact) mass is 359 g/mol. The number of rotatable bonds is 6. The lowest BCUT2D eigenvalue weighted by atomic mass is 9.87. The molecular weight excluding hydrogens is 334 g/mol. The van der Waals surface area contributed by atoms with Crippen LogP contribution in [0, 0.1) is 6.92 Å². The number of anilines is 1. The number of aryl methyl sites for hydroxylation is 1. The van der Waals surface area contributed by atoms with E-state index in [4.69, 9.17) is 16.3 Å². The summed E-state index contributed by atoms with van der Waals surface area (Å²) in [5.74, 6) is 0.802. The molecule has 0 fully saturated rings. The zero-order valence-electron chi connectivity index (χ0n) is 15.4. The summed E-state index contributed by atoms with van der Waals surface area (Å²) in [6, 6.07) is 13.6. The van der Waals surface area contributed by atoms with Gasteiger partial charge in [-0.05, 0) is 54.2 Å². The molecule has 0 saturated heterocycles. The summed E-state index contributed by atoms with van der Waals surface area (Å²) < 4.78 is 5.72. The lowest BCUT2D eigenvalue weighted by Gasteiger charge is -2.19. The van der Waals surface area contributed by atoms with Crippen molar-refractivity contribution in [1.29, 1.82) is 0 Å². The van der Waals surface area contributed by atoms with Crippen LogP contribution < -0.4 is 10.1 Å². The average molecular weight is 360 g/mol. The molecule has 0 saturated carbocycles. The second-order valence-corrected chi connectivity index (χ2v) is 7.67. The minimum absolute atomic E-state index is 0.0305. The Balaban J connectivity index is 1.75. The van der Waals surface area contributed by atoms with Gasteiger partial charge in [-0.25, -0.2) is 0 Å². The van der Waals surface area contributed by atoms with E-state index in [1.807, 2.05) is 31.2 Å². The molecular formula is C21H26ClNO2. The third kappa shape index (κ3) is 6.09. The maximum Gasteiger partial charge on any atom is 0.224 e. The molecule has 1 amide bonds. The second kappa shape index (κ2) is 8.39. The Bertz CT molecular complexity index is 718. The Kier molecular flexibility index (Phi) is 6.49. The molecule has 2 aromatic rings. The SMILES string of the molecule is Cc1ccc(Cl)cc1NC(=O)CCCOc1ccc(C(C)(C)C)cc1. The number of carbonyl (C=O) groups excluding carboxylic acids is 1. The van der Waals surface area contributed by atoms with E-state index >= 15 is 0 Å². The zero-order valence-corrected chi connectivity index (χ0v) is 16.1. The van der Waals surface area contributed by atoms with Crippen molar-refractivity contribution in [2.45, 2.75) is 46.0 Å². The van der Waals surface area contributed by atoms with Crippen LogP contribution in [0.25, 0.3) is 0 Å². The zero-order chi connectivity index (χ0) is 18.4. The first-order chi connectivity index (χ1) is 11.8. The van der Waals surface area contributed by atoms with E-state index in [1.165, 1.54) is 5.56 Å². The quantitative estimate of drug-likeness (QED) is 0.667. The maximum absolute atomic E-state index is 12.0. The van der Waals surface area contributed by atoms with Gasteiger partial charge in [0, 0.05) is 17.1 Å². The molecule has 3 nitrogen and oxygen atoms in total. The van der Waals surface area contributed by atoms with Crippen LogP contribution in [-0.4, -0.2) is 12.5 Å². The third-order valence-corrected chi connectivity index (χ3v) is 4.25. The van der Waals surface area contributed by atoms with Crippen molar-refractivity contribution in [3.63, 3.8) is 0 Å². The number of nitrogens with one attached hydrogen (secondary N) is 1. The molecule has 0 aliphatic carbocycles. The van der Waals surface area contributed by atoms with Crippen molar-refractivity contribution in [1.82, 2.24) is 0 Å². The Hall–Kier alpha value is -2.00. The predicted octanol–water partition coefficient (Wildman–Crippen LogP) is 5.74. The molecule has 0 spiro atoms. The minimum Gasteiger partial charge on any atom is -0.494 e. The highest BCUT2D eigenvalue weighted by Gasteiger charge is 2.13. The van der Waals surface area contributed by atoms with Gasteiger partial charge in [-0.2, -0.15) is 0 Å². The Morgan fingerprint density at radius 3 is 2.44 bits per heavy atom. The van der Waals surface area contributed by atoms with Gasteiger partial charge >= 0.3 is 0 Å². The summed E-state index contributed by atoms with van der Waals surface area (Å²) >= 11 is 5.96. The van der Waals surface area contributed by atoms with Crippen molar-refractivity contribution >= 4 is 23.2 Å². The fraction of sp³-hybridized carbons (Fsp3) is 0.381. The predicted molar refractivity (Wildman–Crippen MR) is 105 cm³/mol.